The van der Waals surface area contributed by atoms with Crippen molar-refractivity contribution < 1.29 is 9.53 Å². The Labute approximate surface area is 100 Å². The van der Waals surface area contributed by atoms with E-state index >= 15 is 0 Å². The van der Waals surface area contributed by atoms with Gasteiger partial charge in [0, 0.05) is 24.3 Å². The minimum absolute atomic E-state index is 0.203. The number of pyridine rings is 1. The minimum atomic E-state index is -0.203. The predicted octanol–water partition coefficient (Wildman–Crippen LogP) is 1.73. The maximum absolute atomic E-state index is 10.9. The number of esters is 1. The van der Waals surface area contributed by atoms with E-state index in [1.54, 1.807) is 12.3 Å². The van der Waals surface area contributed by atoms with Crippen LogP contribution in [0.3, 0.4) is 0 Å². The molecule has 1 heterocycles. The van der Waals surface area contributed by atoms with E-state index < -0.39 is 0 Å². The number of aromatic nitrogens is 1. The molecule has 0 radical (unpaired) electrons. The average Bonchev–Trinajstić information content (AvgIpc) is 2.26. The zero-order valence-electron chi connectivity index (χ0n) is 9.44. The van der Waals surface area contributed by atoms with Crippen LogP contribution in [0.2, 0.25) is 5.02 Å². The highest BCUT2D eigenvalue weighted by Gasteiger charge is 2.05. The smallest absolute Gasteiger partial charge is 0.306 e. The molecule has 0 saturated heterocycles. The Morgan fingerprint density at radius 3 is 3.00 bits per heavy atom. The SMILES string of the molecule is COC(=O)CCN(C)Cc1cc(Cl)ccn1. The Balaban J connectivity index is 2.39. The number of carbonyl (C=O) groups is 1. The molecule has 16 heavy (non-hydrogen) atoms. The third kappa shape index (κ3) is 4.59. The van der Waals surface area contributed by atoms with Gasteiger partial charge in [-0.15, -0.1) is 0 Å². The highest BCUT2D eigenvalue weighted by atomic mass is 35.5. The number of ether oxygens (including phenoxy) is 1. The van der Waals surface area contributed by atoms with E-state index in [4.69, 9.17) is 11.6 Å². The predicted molar refractivity (Wildman–Crippen MR) is 62.2 cm³/mol. The Morgan fingerprint density at radius 1 is 1.62 bits per heavy atom. The fourth-order valence-electron chi connectivity index (χ4n) is 1.28. The van der Waals surface area contributed by atoms with Crippen LogP contribution in [-0.2, 0) is 16.1 Å². The summed E-state index contributed by atoms with van der Waals surface area (Å²) in [6, 6.07) is 3.55. The Bertz CT molecular complexity index is 358. The van der Waals surface area contributed by atoms with Gasteiger partial charge < -0.3 is 4.74 Å². The van der Waals surface area contributed by atoms with Gasteiger partial charge >= 0.3 is 5.97 Å². The zero-order valence-corrected chi connectivity index (χ0v) is 10.2. The highest BCUT2D eigenvalue weighted by molar-refractivity contribution is 6.30. The quantitative estimate of drug-likeness (QED) is 0.738. The molecule has 1 rings (SSSR count). The second-order valence-electron chi connectivity index (χ2n) is 3.53. The van der Waals surface area contributed by atoms with Crippen molar-refractivity contribution in [1.29, 1.82) is 0 Å². The Kier molecular flexibility index (Phi) is 5.22. The van der Waals surface area contributed by atoms with Crippen molar-refractivity contribution in [2.24, 2.45) is 0 Å². The highest BCUT2D eigenvalue weighted by Crippen LogP contribution is 2.09. The van der Waals surface area contributed by atoms with Gasteiger partial charge in [-0.2, -0.15) is 0 Å². The Hall–Kier alpha value is -1.13. The number of halogens is 1. The molecule has 0 atom stereocenters. The van der Waals surface area contributed by atoms with Crippen molar-refractivity contribution >= 4 is 17.6 Å². The van der Waals surface area contributed by atoms with Crippen LogP contribution in [0.1, 0.15) is 12.1 Å². The maximum atomic E-state index is 10.9. The molecule has 1 aromatic rings. The molecule has 5 heteroatoms. The molecule has 0 spiro atoms. The fourth-order valence-corrected chi connectivity index (χ4v) is 1.46. The van der Waals surface area contributed by atoms with E-state index in [1.165, 1.54) is 7.11 Å². The number of hydrogen-bond acceptors (Lipinski definition) is 4. The van der Waals surface area contributed by atoms with Gasteiger partial charge in [-0.25, -0.2) is 0 Å². The molecule has 0 aliphatic carbocycles. The van der Waals surface area contributed by atoms with Crippen LogP contribution in [0, 0.1) is 0 Å². The van der Waals surface area contributed by atoms with E-state index in [9.17, 15) is 4.79 Å². The summed E-state index contributed by atoms with van der Waals surface area (Å²) in [6.07, 6.45) is 2.05. The second kappa shape index (κ2) is 6.45. The first kappa shape index (κ1) is 12.9. The summed E-state index contributed by atoms with van der Waals surface area (Å²) in [5, 5.41) is 0.673. The summed E-state index contributed by atoms with van der Waals surface area (Å²) in [5.41, 5.74) is 0.889. The van der Waals surface area contributed by atoms with Gasteiger partial charge in [0.05, 0.1) is 19.2 Å². The van der Waals surface area contributed by atoms with Gasteiger partial charge in [0.15, 0.2) is 0 Å². The van der Waals surface area contributed by atoms with Gasteiger partial charge in [-0.3, -0.25) is 14.7 Å². The van der Waals surface area contributed by atoms with Gasteiger partial charge in [0.2, 0.25) is 0 Å². The lowest BCUT2D eigenvalue weighted by atomic mass is 10.3. The van der Waals surface area contributed by atoms with Crippen LogP contribution in [-0.4, -0.2) is 36.6 Å². The molecule has 0 aromatic carbocycles. The van der Waals surface area contributed by atoms with Crippen LogP contribution < -0.4 is 0 Å². The van der Waals surface area contributed by atoms with Crippen LogP contribution >= 0.6 is 11.6 Å². The number of carbonyl (C=O) groups excluding carboxylic acids is 1. The van der Waals surface area contributed by atoms with E-state index in [0.717, 1.165) is 5.69 Å². The second-order valence-corrected chi connectivity index (χ2v) is 3.97. The molecule has 0 aliphatic rings. The molecule has 0 unspecified atom stereocenters. The van der Waals surface area contributed by atoms with E-state index in [0.29, 0.717) is 24.5 Å². The van der Waals surface area contributed by atoms with E-state index in [2.05, 4.69) is 9.72 Å². The van der Waals surface area contributed by atoms with Gasteiger partial charge in [0.25, 0.3) is 0 Å². The van der Waals surface area contributed by atoms with Crippen LogP contribution in [0.15, 0.2) is 18.3 Å². The molecule has 0 fully saturated rings. The molecule has 1 aromatic heterocycles. The first-order valence-corrected chi connectivity index (χ1v) is 5.35. The molecule has 0 saturated carbocycles. The fraction of sp³-hybridized carbons (Fsp3) is 0.455. The molecule has 88 valence electrons. The number of rotatable bonds is 5. The first-order valence-electron chi connectivity index (χ1n) is 4.97. The Morgan fingerprint density at radius 2 is 2.38 bits per heavy atom. The molecule has 4 nitrogen and oxygen atoms in total. The summed E-state index contributed by atoms with van der Waals surface area (Å²) in [4.78, 5) is 17.1. The molecular formula is C11H15ClN2O2. The molecule has 0 bridgehead atoms. The summed E-state index contributed by atoms with van der Waals surface area (Å²) in [5.74, 6) is -0.203. The van der Waals surface area contributed by atoms with Gasteiger partial charge in [-0.1, -0.05) is 11.6 Å². The zero-order chi connectivity index (χ0) is 12.0. The standard InChI is InChI=1S/C11H15ClN2O2/c1-14(6-4-11(15)16-2)8-10-7-9(12)3-5-13-10/h3,5,7H,4,6,8H2,1-2H3. The average molecular weight is 243 g/mol. The maximum Gasteiger partial charge on any atom is 0.306 e. The molecular weight excluding hydrogens is 228 g/mol. The number of hydrogen-bond donors (Lipinski definition) is 0. The summed E-state index contributed by atoms with van der Waals surface area (Å²) in [6.45, 7) is 1.30. The molecule has 0 amide bonds. The van der Waals surface area contributed by atoms with Crippen molar-refractivity contribution in [3.05, 3.63) is 29.0 Å². The van der Waals surface area contributed by atoms with Crippen LogP contribution in [0.25, 0.3) is 0 Å². The monoisotopic (exact) mass is 242 g/mol. The topological polar surface area (TPSA) is 42.4 Å². The van der Waals surface area contributed by atoms with Crippen molar-refractivity contribution in [2.75, 3.05) is 20.7 Å². The van der Waals surface area contributed by atoms with Crippen molar-refractivity contribution in [3.8, 4) is 0 Å². The molecule has 0 N–H and O–H groups in total. The summed E-state index contributed by atoms with van der Waals surface area (Å²) >= 11 is 5.85. The van der Waals surface area contributed by atoms with E-state index in [-0.39, 0.29) is 5.97 Å². The van der Waals surface area contributed by atoms with Crippen LogP contribution in [0.4, 0.5) is 0 Å². The first-order chi connectivity index (χ1) is 7.61. The van der Waals surface area contributed by atoms with Crippen molar-refractivity contribution in [3.63, 3.8) is 0 Å². The van der Waals surface area contributed by atoms with Gasteiger partial charge in [0.1, 0.15) is 0 Å². The van der Waals surface area contributed by atoms with Crippen LogP contribution in [0.5, 0.6) is 0 Å². The lowest BCUT2D eigenvalue weighted by Gasteiger charge is -2.15. The third-order valence-corrected chi connectivity index (χ3v) is 2.37. The van der Waals surface area contributed by atoms with Crippen molar-refractivity contribution in [2.45, 2.75) is 13.0 Å². The lowest BCUT2D eigenvalue weighted by Crippen LogP contribution is -2.22. The molecule has 0 aliphatic heterocycles. The number of nitrogens with zero attached hydrogens (tertiary/aromatic N) is 2. The van der Waals surface area contributed by atoms with E-state index in [1.807, 2.05) is 18.0 Å². The lowest BCUT2D eigenvalue weighted by molar-refractivity contribution is -0.140. The summed E-state index contributed by atoms with van der Waals surface area (Å²) < 4.78 is 4.57. The third-order valence-electron chi connectivity index (χ3n) is 2.14. The van der Waals surface area contributed by atoms with Gasteiger partial charge in [-0.05, 0) is 19.2 Å². The van der Waals surface area contributed by atoms with Crippen molar-refractivity contribution in [1.82, 2.24) is 9.88 Å². The largest absolute Gasteiger partial charge is 0.469 e. The summed E-state index contributed by atoms with van der Waals surface area (Å²) in [7, 11) is 3.31. The normalized spacial score (nSPS) is 10.5. The minimum Gasteiger partial charge on any atom is -0.469 e. The number of methoxy groups -OCH3 is 1.